The largest absolute Gasteiger partial charge is 0.327 e. The molecule has 0 amide bonds. The van der Waals surface area contributed by atoms with Crippen molar-refractivity contribution in [3.63, 3.8) is 0 Å². The molecule has 2 nitrogen and oxygen atoms in total. The van der Waals surface area contributed by atoms with Crippen molar-refractivity contribution in [1.29, 1.82) is 0 Å². The maximum Gasteiger partial charge on any atom is 0.0545 e. The van der Waals surface area contributed by atoms with Crippen LogP contribution in [0, 0.1) is 5.92 Å². The summed E-state index contributed by atoms with van der Waals surface area (Å²) in [6.45, 7) is 0. The molecule has 2 atom stereocenters. The maximum absolute atomic E-state index is 11.8. The van der Waals surface area contributed by atoms with Crippen LogP contribution in [-0.4, -0.2) is 16.0 Å². The number of rotatable bonds is 4. The minimum Gasteiger partial charge on any atom is -0.327 e. The zero-order valence-corrected chi connectivity index (χ0v) is 8.87. The zero-order chi connectivity index (χ0) is 9.97. The van der Waals surface area contributed by atoms with E-state index in [0.717, 1.165) is 4.90 Å². The Morgan fingerprint density at radius 1 is 1.36 bits per heavy atom. The summed E-state index contributed by atoms with van der Waals surface area (Å²) >= 11 is 0. The van der Waals surface area contributed by atoms with Gasteiger partial charge in [0.05, 0.1) is 10.8 Å². The predicted molar refractivity (Wildman–Crippen MR) is 58.4 cm³/mol. The van der Waals surface area contributed by atoms with E-state index in [1.165, 1.54) is 12.8 Å². The predicted octanol–water partition coefficient (Wildman–Crippen LogP) is 1.53. The van der Waals surface area contributed by atoms with Gasteiger partial charge in [-0.2, -0.15) is 0 Å². The second-order valence-corrected chi connectivity index (χ2v) is 5.32. The number of hydrogen-bond donors (Lipinski definition) is 1. The monoisotopic (exact) mass is 209 g/mol. The summed E-state index contributed by atoms with van der Waals surface area (Å²) in [4.78, 5) is 0.892. The average Bonchev–Trinajstić information content (AvgIpc) is 3.02. The third-order valence-corrected chi connectivity index (χ3v) is 4.06. The zero-order valence-electron chi connectivity index (χ0n) is 8.06. The van der Waals surface area contributed by atoms with E-state index in [1.54, 1.807) is 0 Å². The highest BCUT2D eigenvalue weighted by Crippen LogP contribution is 2.32. The van der Waals surface area contributed by atoms with Crippen molar-refractivity contribution in [3.05, 3.63) is 30.3 Å². The van der Waals surface area contributed by atoms with Crippen LogP contribution in [0.25, 0.3) is 0 Å². The van der Waals surface area contributed by atoms with E-state index in [4.69, 9.17) is 5.73 Å². The standard InChI is InChI=1S/C11H15NOS/c12-11(9-6-7-9)8-14(13)10-4-2-1-3-5-10/h1-5,9,11H,6-8,12H2. The first-order valence-corrected chi connectivity index (χ1v) is 6.28. The Morgan fingerprint density at radius 2 is 2.00 bits per heavy atom. The third-order valence-electron chi connectivity index (χ3n) is 2.58. The molecule has 3 heteroatoms. The van der Waals surface area contributed by atoms with Gasteiger partial charge in [0.25, 0.3) is 0 Å². The van der Waals surface area contributed by atoms with E-state index < -0.39 is 10.8 Å². The summed E-state index contributed by atoms with van der Waals surface area (Å²) in [6.07, 6.45) is 2.43. The summed E-state index contributed by atoms with van der Waals surface area (Å²) in [6, 6.07) is 9.68. The van der Waals surface area contributed by atoms with Crippen molar-refractivity contribution in [2.45, 2.75) is 23.8 Å². The van der Waals surface area contributed by atoms with Crippen molar-refractivity contribution in [2.24, 2.45) is 11.7 Å². The van der Waals surface area contributed by atoms with Crippen LogP contribution in [0.15, 0.2) is 35.2 Å². The molecule has 1 fully saturated rings. The molecule has 0 radical (unpaired) electrons. The first-order valence-electron chi connectivity index (χ1n) is 4.96. The highest BCUT2D eigenvalue weighted by Gasteiger charge is 2.29. The normalized spacial score (nSPS) is 20.4. The molecular formula is C11H15NOS. The number of hydrogen-bond acceptors (Lipinski definition) is 2. The molecule has 1 aliphatic carbocycles. The van der Waals surface area contributed by atoms with Gasteiger partial charge in [0.15, 0.2) is 0 Å². The van der Waals surface area contributed by atoms with Crippen LogP contribution in [0.2, 0.25) is 0 Å². The van der Waals surface area contributed by atoms with E-state index in [2.05, 4.69) is 0 Å². The first-order chi connectivity index (χ1) is 6.77. The van der Waals surface area contributed by atoms with Gasteiger partial charge in [-0.1, -0.05) is 18.2 Å². The molecule has 14 heavy (non-hydrogen) atoms. The molecule has 1 aromatic carbocycles. The fraction of sp³-hybridized carbons (Fsp3) is 0.455. The van der Waals surface area contributed by atoms with Crippen LogP contribution in [0.4, 0.5) is 0 Å². The molecule has 0 aromatic heterocycles. The Balaban J connectivity index is 1.95. The van der Waals surface area contributed by atoms with E-state index in [-0.39, 0.29) is 6.04 Å². The molecule has 0 spiro atoms. The summed E-state index contributed by atoms with van der Waals surface area (Å²) in [5.41, 5.74) is 5.92. The van der Waals surface area contributed by atoms with E-state index in [0.29, 0.717) is 11.7 Å². The SMILES string of the molecule is NC(CS(=O)c1ccccc1)C1CC1. The fourth-order valence-electron chi connectivity index (χ4n) is 1.50. The fourth-order valence-corrected chi connectivity index (χ4v) is 2.78. The molecule has 0 heterocycles. The Morgan fingerprint density at radius 3 is 2.57 bits per heavy atom. The van der Waals surface area contributed by atoms with Gasteiger partial charge >= 0.3 is 0 Å². The lowest BCUT2D eigenvalue weighted by molar-refractivity contribution is 0.634. The van der Waals surface area contributed by atoms with Crippen molar-refractivity contribution >= 4 is 10.8 Å². The molecule has 1 aliphatic rings. The molecule has 0 aliphatic heterocycles. The van der Waals surface area contributed by atoms with Crippen molar-refractivity contribution in [2.75, 3.05) is 5.75 Å². The van der Waals surface area contributed by atoms with Gasteiger partial charge < -0.3 is 5.73 Å². The Hall–Kier alpha value is -0.670. The minimum absolute atomic E-state index is 0.121. The van der Waals surface area contributed by atoms with Gasteiger partial charge in [0, 0.05) is 16.7 Å². The molecule has 0 saturated heterocycles. The average molecular weight is 209 g/mol. The van der Waals surface area contributed by atoms with Crippen LogP contribution in [0.3, 0.4) is 0 Å². The number of benzene rings is 1. The highest BCUT2D eigenvalue weighted by molar-refractivity contribution is 7.85. The van der Waals surface area contributed by atoms with Gasteiger partial charge in [-0.05, 0) is 30.9 Å². The third kappa shape index (κ3) is 2.42. The molecule has 76 valence electrons. The summed E-state index contributed by atoms with van der Waals surface area (Å²) in [7, 11) is -0.919. The lowest BCUT2D eigenvalue weighted by Gasteiger charge is -2.09. The molecular weight excluding hydrogens is 194 g/mol. The van der Waals surface area contributed by atoms with Crippen LogP contribution in [0.1, 0.15) is 12.8 Å². The van der Waals surface area contributed by atoms with Crippen molar-refractivity contribution in [1.82, 2.24) is 0 Å². The Bertz CT molecular complexity index is 321. The van der Waals surface area contributed by atoms with Gasteiger partial charge in [-0.15, -0.1) is 0 Å². The topological polar surface area (TPSA) is 43.1 Å². The molecule has 2 rings (SSSR count). The minimum atomic E-state index is -0.919. The Kier molecular flexibility index (Phi) is 2.99. The van der Waals surface area contributed by atoms with Crippen LogP contribution < -0.4 is 5.73 Å². The highest BCUT2D eigenvalue weighted by atomic mass is 32.2. The molecule has 2 N–H and O–H groups in total. The summed E-state index contributed by atoms with van der Waals surface area (Å²) in [5.74, 6) is 1.23. The van der Waals surface area contributed by atoms with Crippen LogP contribution >= 0.6 is 0 Å². The first kappa shape index (κ1) is 9.87. The van der Waals surface area contributed by atoms with E-state index in [9.17, 15) is 4.21 Å². The lowest BCUT2D eigenvalue weighted by Crippen LogP contribution is -2.29. The van der Waals surface area contributed by atoms with Crippen molar-refractivity contribution in [3.8, 4) is 0 Å². The number of nitrogens with two attached hydrogens (primary N) is 1. The van der Waals surface area contributed by atoms with Gasteiger partial charge in [-0.25, -0.2) is 0 Å². The summed E-state index contributed by atoms with van der Waals surface area (Å²) < 4.78 is 11.8. The molecule has 2 unspecified atom stereocenters. The quantitative estimate of drug-likeness (QED) is 0.817. The Labute approximate surface area is 87.0 Å². The molecule has 1 saturated carbocycles. The van der Waals surface area contributed by atoms with Gasteiger partial charge in [0.1, 0.15) is 0 Å². The maximum atomic E-state index is 11.8. The van der Waals surface area contributed by atoms with Gasteiger partial charge in [0.2, 0.25) is 0 Å². The lowest BCUT2D eigenvalue weighted by atomic mass is 10.2. The van der Waals surface area contributed by atoms with Crippen molar-refractivity contribution < 1.29 is 4.21 Å². The second kappa shape index (κ2) is 4.24. The second-order valence-electron chi connectivity index (χ2n) is 3.83. The molecule has 0 bridgehead atoms. The van der Waals surface area contributed by atoms with Gasteiger partial charge in [-0.3, -0.25) is 4.21 Å². The van der Waals surface area contributed by atoms with Crippen LogP contribution in [0.5, 0.6) is 0 Å². The summed E-state index contributed by atoms with van der Waals surface area (Å²) in [5, 5.41) is 0. The van der Waals surface area contributed by atoms with Crippen LogP contribution in [-0.2, 0) is 10.8 Å². The molecule has 1 aromatic rings. The van der Waals surface area contributed by atoms with E-state index >= 15 is 0 Å². The smallest absolute Gasteiger partial charge is 0.0545 e. The van der Waals surface area contributed by atoms with E-state index in [1.807, 2.05) is 30.3 Å².